The molecule has 1 unspecified atom stereocenters. The van der Waals surface area contributed by atoms with E-state index in [1.807, 2.05) is 13.0 Å². The monoisotopic (exact) mass is 338 g/mol. The van der Waals surface area contributed by atoms with Crippen molar-refractivity contribution in [1.82, 2.24) is 10.6 Å². The van der Waals surface area contributed by atoms with Gasteiger partial charge in [-0.2, -0.15) is 0 Å². The molecule has 1 aliphatic rings. The number of carbonyl (C=O) groups is 1. The summed E-state index contributed by atoms with van der Waals surface area (Å²) in [6.45, 7) is 5.86. The van der Waals surface area contributed by atoms with Crippen LogP contribution in [0.2, 0.25) is 0 Å². The first-order valence-electron chi connectivity index (χ1n) is 8.93. The maximum Gasteiger partial charge on any atom is 0.234 e. The van der Waals surface area contributed by atoms with Gasteiger partial charge in [-0.15, -0.1) is 0 Å². The molecule has 0 saturated heterocycles. The van der Waals surface area contributed by atoms with E-state index in [-0.39, 0.29) is 11.9 Å². The number of fused-ring (bicyclic) bond motifs is 1. The second-order valence-electron chi connectivity index (χ2n) is 6.70. The standard InChI is InChI=1S/C21H26N2O2/c1-15-5-8-18(9-6-15)16(2)23-21(24)14-22-13-17-7-10-20-19(12-17)4-3-11-25-20/h5-10,12,16,22H,3-4,11,13-14H2,1-2H3,(H,23,24). The normalized spacial score (nSPS) is 14.3. The highest BCUT2D eigenvalue weighted by Crippen LogP contribution is 2.25. The summed E-state index contributed by atoms with van der Waals surface area (Å²) in [7, 11) is 0. The molecule has 0 spiro atoms. The van der Waals surface area contributed by atoms with Gasteiger partial charge in [0.15, 0.2) is 0 Å². The third-order valence-corrected chi connectivity index (χ3v) is 4.54. The van der Waals surface area contributed by atoms with Gasteiger partial charge in [-0.1, -0.05) is 42.0 Å². The Morgan fingerprint density at radius 1 is 1.20 bits per heavy atom. The van der Waals surface area contributed by atoms with Gasteiger partial charge in [0.05, 0.1) is 19.2 Å². The molecule has 0 radical (unpaired) electrons. The van der Waals surface area contributed by atoms with Gasteiger partial charge in [0, 0.05) is 6.54 Å². The van der Waals surface area contributed by atoms with Crippen molar-refractivity contribution in [1.29, 1.82) is 0 Å². The van der Waals surface area contributed by atoms with E-state index in [4.69, 9.17) is 4.74 Å². The Labute approximate surface area is 149 Å². The molecule has 4 nitrogen and oxygen atoms in total. The van der Waals surface area contributed by atoms with Gasteiger partial charge in [0.1, 0.15) is 5.75 Å². The summed E-state index contributed by atoms with van der Waals surface area (Å²) < 4.78 is 5.63. The molecule has 0 aromatic heterocycles. The summed E-state index contributed by atoms with van der Waals surface area (Å²) in [6.07, 6.45) is 2.14. The van der Waals surface area contributed by atoms with E-state index in [1.54, 1.807) is 0 Å². The molecule has 1 aliphatic heterocycles. The lowest BCUT2D eigenvalue weighted by Gasteiger charge is -2.18. The Bertz CT molecular complexity index is 725. The van der Waals surface area contributed by atoms with Crippen molar-refractivity contribution in [3.05, 3.63) is 64.7 Å². The Kier molecular flexibility index (Phi) is 5.71. The first kappa shape index (κ1) is 17.5. The molecular formula is C21H26N2O2. The molecule has 3 rings (SSSR count). The number of hydrogen-bond donors (Lipinski definition) is 2. The molecule has 0 aliphatic carbocycles. The number of amides is 1. The van der Waals surface area contributed by atoms with Crippen LogP contribution in [-0.4, -0.2) is 19.1 Å². The molecule has 1 heterocycles. The van der Waals surface area contributed by atoms with Crippen LogP contribution < -0.4 is 15.4 Å². The van der Waals surface area contributed by atoms with Crippen LogP contribution in [-0.2, 0) is 17.8 Å². The van der Waals surface area contributed by atoms with E-state index in [9.17, 15) is 4.79 Å². The molecule has 0 fully saturated rings. The zero-order valence-corrected chi connectivity index (χ0v) is 15.0. The van der Waals surface area contributed by atoms with Crippen LogP contribution >= 0.6 is 0 Å². The molecular weight excluding hydrogens is 312 g/mol. The van der Waals surface area contributed by atoms with E-state index in [1.165, 1.54) is 16.7 Å². The highest BCUT2D eigenvalue weighted by atomic mass is 16.5. The van der Waals surface area contributed by atoms with Gasteiger partial charge in [-0.25, -0.2) is 0 Å². The fraction of sp³-hybridized carbons (Fsp3) is 0.381. The van der Waals surface area contributed by atoms with Crippen molar-refractivity contribution in [2.75, 3.05) is 13.2 Å². The topological polar surface area (TPSA) is 50.4 Å². The van der Waals surface area contributed by atoms with Gasteiger partial charge in [-0.3, -0.25) is 4.79 Å². The third-order valence-electron chi connectivity index (χ3n) is 4.54. The first-order chi connectivity index (χ1) is 12.1. The number of carbonyl (C=O) groups excluding carboxylic acids is 1. The number of nitrogens with one attached hydrogen (secondary N) is 2. The SMILES string of the molecule is Cc1ccc(C(C)NC(=O)CNCc2ccc3c(c2)CCCO3)cc1. The molecule has 4 heteroatoms. The van der Waals surface area contributed by atoms with Crippen LogP contribution in [0.25, 0.3) is 0 Å². The minimum atomic E-state index is 0.00867. The fourth-order valence-corrected chi connectivity index (χ4v) is 3.08. The van der Waals surface area contributed by atoms with E-state index >= 15 is 0 Å². The van der Waals surface area contributed by atoms with E-state index in [0.29, 0.717) is 13.1 Å². The van der Waals surface area contributed by atoms with Crippen molar-refractivity contribution >= 4 is 5.91 Å². The Morgan fingerprint density at radius 3 is 2.80 bits per heavy atom. The van der Waals surface area contributed by atoms with Crippen LogP contribution in [0.4, 0.5) is 0 Å². The highest BCUT2D eigenvalue weighted by molar-refractivity contribution is 5.78. The molecule has 0 saturated carbocycles. The zero-order chi connectivity index (χ0) is 17.6. The Balaban J connectivity index is 1.45. The number of ether oxygens (including phenoxy) is 1. The maximum absolute atomic E-state index is 12.1. The summed E-state index contributed by atoms with van der Waals surface area (Å²) in [4.78, 5) is 12.1. The highest BCUT2D eigenvalue weighted by Gasteiger charge is 2.11. The summed E-state index contributed by atoms with van der Waals surface area (Å²) >= 11 is 0. The van der Waals surface area contributed by atoms with Gasteiger partial charge < -0.3 is 15.4 Å². The minimum absolute atomic E-state index is 0.00867. The predicted octanol–water partition coefficient (Wildman–Crippen LogP) is 3.29. The molecule has 0 bridgehead atoms. The number of benzene rings is 2. The first-order valence-corrected chi connectivity index (χ1v) is 8.93. The molecule has 1 amide bonds. The van der Waals surface area contributed by atoms with E-state index < -0.39 is 0 Å². The van der Waals surface area contributed by atoms with Crippen molar-refractivity contribution in [2.45, 2.75) is 39.3 Å². The van der Waals surface area contributed by atoms with Gasteiger partial charge >= 0.3 is 0 Å². The Morgan fingerprint density at radius 2 is 2.00 bits per heavy atom. The lowest BCUT2D eigenvalue weighted by molar-refractivity contribution is -0.120. The van der Waals surface area contributed by atoms with Crippen molar-refractivity contribution < 1.29 is 9.53 Å². The minimum Gasteiger partial charge on any atom is -0.493 e. The summed E-state index contributed by atoms with van der Waals surface area (Å²) in [5.74, 6) is 1.01. The van der Waals surface area contributed by atoms with Gasteiger partial charge in [0.2, 0.25) is 5.91 Å². The summed E-state index contributed by atoms with van der Waals surface area (Å²) in [5, 5.41) is 6.25. The van der Waals surface area contributed by atoms with Crippen LogP contribution in [0.3, 0.4) is 0 Å². The second kappa shape index (κ2) is 8.17. The second-order valence-corrected chi connectivity index (χ2v) is 6.70. The average Bonchev–Trinajstić information content (AvgIpc) is 2.62. The van der Waals surface area contributed by atoms with Crippen LogP contribution in [0.5, 0.6) is 5.75 Å². The molecule has 132 valence electrons. The van der Waals surface area contributed by atoms with E-state index in [0.717, 1.165) is 30.8 Å². The number of rotatable bonds is 6. The largest absolute Gasteiger partial charge is 0.493 e. The van der Waals surface area contributed by atoms with Gasteiger partial charge in [0.25, 0.3) is 0 Å². The molecule has 1 atom stereocenters. The van der Waals surface area contributed by atoms with Crippen molar-refractivity contribution in [2.24, 2.45) is 0 Å². The average molecular weight is 338 g/mol. The number of aryl methyl sites for hydroxylation is 2. The molecule has 2 aromatic rings. The smallest absolute Gasteiger partial charge is 0.234 e. The van der Waals surface area contributed by atoms with Crippen LogP contribution in [0.1, 0.15) is 41.6 Å². The van der Waals surface area contributed by atoms with E-state index in [2.05, 4.69) is 54.0 Å². The molecule has 25 heavy (non-hydrogen) atoms. The maximum atomic E-state index is 12.1. The van der Waals surface area contributed by atoms with Gasteiger partial charge in [-0.05, 0) is 49.4 Å². The number of hydrogen-bond acceptors (Lipinski definition) is 3. The fourth-order valence-electron chi connectivity index (χ4n) is 3.08. The summed E-state index contributed by atoms with van der Waals surface area (Å²) in [5.41, 5.74) is 4.79. The summed E-state index contributed by atoms with van der Waals surface area (Å²) in [6, 6.07) is 14.5. The Hall–Kier alpha value is -2.33. The zero-order valence-electron chi connectivity index (χ0n) is 15.0. The van der Waals surface area contributed by atoms with Crippen LogP contribution in [0.15, 0.2) is 42.5 Å². The quantitative estimate of drug-likeness (QED) is 0.850. The van der Waals surface area contributed by atoms with Crippen molar-refractivity contribution in [3.63, 3.8) is 0 Å². The van der Waals surface area contributed by atoms with Crippen LogP contribution in [0, 0.1) is 6.92 Å². The molecule has 2 aromatic carbocycles. The molecule has 2 N–H and O–H groups in total. The third kappa shape index (κ3) is 4.83. The lowest BCUT2D eigenvalue weighted by atomic mass is 10.0. The lowest BCUT2D eigenvalue weighted by Crippen LogP contribution is -2.35. The predicted molar refractivity (Wildman–Crippen MR) is 99.7 cm³/mol. The van der Waals surface area contributed by atoms with Crippen molar-refractivity contribution in [3.8, 4) is 5.75 Å².